The summed E-state index contributed by atoms with van der Waals surface area (Å²) in [6, 6.07) is 0. The molecule has 0 amide bonds. The fourth-order valence-electron chi connectivity index (χ4n) is 1.69. The zero-order valence-corrected chi connectivity index (χ0v) is 13.8. The van der Waals surface area contributed by atoms with Gasteiger partial charge in [-0.2, -0.15) is 8.42 Å². The lowest BCUT2D eigenvalue weighted by atomic mass is 9.97. The average molecular weight is 451 g/mol. The van der Waals surface area contributed by atoms with Gasteiger partial charge in [-0.3, -0.25) is 4.55 Å². The summed E-state index contributed by atoms with van der Waals surface area (Å²) >= 11 is 0. The van der Waals surface area contributed by atoms with Crippen LogP contribution in [0.15, 0.2) is 0 Å². The van der Waals surface area contributed by atoms with E-state index in [4.69, 9.17) is 4.55 Å². The Balaban J connectivity index is 0. The third-order valence-electron chi connectivity index (χ3n) is 3.09. The minimum atomic E-state index is -5.20. The molecule has 4 N–H and O–H groups in total. The summed E-state index contributed by atoms with van der Waals surface area (Å²) in [5.41, 5.74) is 0. The second kappa shape index (κ2) is 11.2. The lowest BCUT2D eigenvalue weighted by Crippen LogP contribution is -2.49. The molecule has 9 atom stereocenters. The SMILES string of the molecule is N.O=S(=O)(O)CC(F)C(F)C(F)C(F)C(F)C(F)C(F)C(F)C(F)C(F)F. The van der Waals surface area contributed by atoms with Gasteiger partial charge in [0.15, 0.2) is 55.5 Å². The molecule has 16 heteroatoms. The highest BCUT2D eigenvalue weighted by Gasteiger charge is 2.49. The Hall–Kier alpha value is -0.900. The molecule has 0 aliphatic heterocycles. The van der Waals surface area contributed by atoms with Gasteiger partial charge in [-0.15, -0.1) is 0 Å². The molecule has 0 aliphatic carbocycles. The van der Waals surface area contributed by atoms with Crippen molar-refractivity contribution in [2.24, 2.45) is 0 Å². The van der Waals surface area contributed by atoms with Gasteiger partial charge in [-0.1, -0.05) is 0 Å². The summed E-state index contributed by atoms with van der Waals surface area (Å²) in [5, 5.41) is 0. The molecule has 0 aromatic carbocycles. The van der Waals surface area contributed by atoms with Crippen LogP contribution in [0.1, 0.15) is 0 Å². The van der Waals surface area contributed by atoms with Crippen molar-refractivity contribution in [1.29, 1.82) is 0 Å². The van der Waals surface area contributed by atoms with Crippen molar-refractivity contribution in [2.45, 2.75) is 62.0 Å². The van der Waals surface area contributed by atoms with E-state index < -0.39 is 77.8 Å². The minimum absolute atomic E-state index is 0. The van der Waals surface area contributed by atoms with Crippen LogP contribution in [0.25, 0.3) is 0 Å². The largest absolute Gasteiger partial charge is 0.344 e. The van der Waals surface area contributed by atoms with E-state index >= 15 is 0 Å². The highest BCUT2D eigenvalue weighted by molar-refractivity contribution is 7.85. The van der Waals surface area contributed by atoms with Crippen molar-refractivity contribution in [2.75, 3.05) is 5.75 Å². The Morgan fingerprint density at radius 2 is 0.815 bits per heavy atom. The number of rotatable bonds is 11. The second-order valence-corrected chi connectivity index (χ2v) is 6.65. The van der Waals surface area contributed by atoms with E-state index in [0.717, 1.165) is 0 Å². The van der Waals surface area contributed by atoms with Crippen LogP contribution < -0.4 is 6.15 Å². The van der Waals surface area contributed by atoms with Gasteiger partial charge < -0.3 is 6.15 Å². The molecule has 0 saturated carbocycles. The topological polar surface area (TPSA) is 89.4 Å². The van der Waals surface area contributed by atoms with E-state index in [-0.39, 0.29) is 6.15 Å². The molecule has 0 rings (SSSR count). The van der Waals surface area contributed by atoms with Gasteiger partial charge in [0.1, 0.15) is 5.75 Å². The molecule has 0 aromatic heterocycles. The molecular formula is C11H16F11NO3S. The normalized spacial score (nSPS) is 22.7. The molecule has 4 nitrogen and oxygen atoms in total. The van der Waals surface area contributed by atoms with E-state index in [1.807, 2.05) is 0 Å². The van der Waals surface area contributed by atoms with Crippen LogP contribution in [-0.2, 0) is 10.1 Å². The molecule has 0 heterocycles. The number of halogens is 11. The monoisotopic (exact) mass is 451 g/mol. The van der Waals surface area contributed by atoms with Crippen LogP contribution in [-0.4, -0.2) is 80.7 Å². The van der Waals surface area contributed by atoms with Gasteiger partial charge in [-0.25, -0.2) is 48.3 Å². The van der Waals surface area contributed by atoms with Crippen LogP contribution in [0.4, 0.5) is 48.3 Å². The van der Waals surface area contributed by atoms with Crippen molar-refractivity contribution < 1.29 is 61.3 Å². The van der Waals surface area contributed by atoms with Crippen molar-refractivity contribution >= 4 is 10.1 Å². The number of hydrogen-bond acceptors (Lipinski definition) is 3. The van der Waals surface area contributed by atoms with Crippen molar-refractivity contribution in [3.05, 3.63) is 0 Å². The summed E-state index contributed by atoms with van der Waals surface area (Å²) in [5.74, 6) is -2.08. The van der Waals surface area contributed by atoms with E-state index in [0.29, 0.717) is 0 Å². The maximum absolute atomic E-state index is 13.3. The molecule has 0 aromatic rings. The molecule has 166 valence electrons. The van der Waals surface area contributed by atoms with Gasteiger partial charge in [-0.05, 0) is 0 Å². The molecule has 9 unspecified atom stereocenters. The molecule has 0 radical (unpaired) electrons. The first-order valence-corrected chi connectivity index (χ1v) is 8.22. The third-order valence-corrected chi connectivity index (χ3v) is 3.83. The van der Waals surface area contributed by atoms with Crippen LogP contribution in [0.2, 0.25) is 0 Å². The summed E-state index contributed by atoms with van der Waals surface area (Å²) in [4.78, 5) is 0. The third kappa shape index (κ3) is 8.33. The Morgan fingerprint density at radius 1 is 0.556 bits per heavy atom. The Labute approximate surface area is 146 Å². The summed E-state index contributed by atoms with van der Waals surface area (Å²) < 4.78 is 170. The van der Waals surface area contributed by atoms with Crippen molar-refractivity contribution in [3.63, 3.8) is 0 Å². The van der Waals surface area contributed by atoms with E-state index in [2.05, 4.69) is 0 Å². The van der Waals surface area contributed by atoms with E-state index in [1.54, 1.807) is 0 Å². The highest BCUT2D eigenvalue weighted by atomic mass is 32.2. The fraction of sp³-hybridized carbons (Fsp3) is 1.00. The lowest BCUT2D eigenvalue weighted by Gasteiger charge is -2.26. The zero-order valence-electron chi connectivity index (χ0n) is 13.0. The van der Waals surface area contributed by atoms with Gasteiger partial charge in [0.05, 0.1) is 0 Å². The fourth-order valence-corrected chi connectivity index (χ4v) is 2.27. The summed E-state index contributed by atoms with van der Waals surface area (Å²) in [6.07, 6.45) is -39.4. The Morgan fingerprint density at radius 3 is 1.07 bits per heavy atom. The standard InChI is InChI=1S/C11H13F11O3S.H3N/c12-2(1-26(23,24)25)3(13)4(14)5(15)6(16)7(17)8(18)9(19)10(20)11(21)22;/h2-11H,1H2,(H,23,24,25);1H3. The first-order chi connectivity index (χ1) is 11.6. The van der Waals surface area contributed by atoms with E-state index in [1.165, 1.54) is 0 Å². The summed E-state index contributed by atoms with van der Waals surface area (Å²) in [6.45, 7) is 0. The Kier molecular flexibility index (Phi) is 11.7. The van der Waals surface area contributed by atoms with Crippen LogP contribution in [0.3, 0.4) is 0 Å². The predicted octanol–water partition coefficient (Wildman–Crippen LogP) is 3.34. The maximum atomic E-state index is 13.3. The van der Waals surface area contributed by atoms with Gasteiger partial charge in [0.2, 0.25) is 0 Å². The van der Waals surface area contributed by atoms with E-state index in [9.17, 15) is 56.7 Å². The molecule has 0 spiro atoms. The molecule has 0 saturated heterocycles. The number of alkyl halides is 11. The van der Waals surface area contributed by atoms with Gasteiger partial charge >= 0.3 is 0 Å². The molecule has 0 aliphatic rings. The predicted molar refractivity (Wildman–Crippen MR) is 71.5 cm³/mol. The van der Waals surface area contributed by atoms with Crippen molar-refractivity contribution in [1.82, 2.24) is 6.15 Å². The van der Waals surface area contributed by atoms with Gasteiger partial charge in [0.25, 0.3) is 16.5 Å². The minimum Gasteiger partial charge on any atom is -0.344 e. The zero-order chi connectivity index (χ0) is 21.0. The first kappa shape index (κ1) is 28.3. The molecular weight excluding hydrogens is 435 g/mol. The maximum Gasteiger partial charge on any atom is 0.272 e. The van der Waals surface area contributed by atoms with Crippen LogP contribution in [0, 0.1) is 0 Å². The lowest BCUT2D eigenvalue weighted by molar-refractivity contribution is -0.0728. The Bertz CT molecular complexity index is 528. The number of hydrogen-bond donors (Lipinski definition) is 2. The van der Waals surface area contributed by atoms with Crippen LogP contribution >= 0.6 is 0 Å². The molecule has 0 fully saturated rings. The van der Waals surface area contributed by atoms with Gasteiger partial charge in [0, 0.05) is 0 Å². The highest BCUT2D eigenvalue weighted by Crippen LogP contribution is 2.29. The van der Waals surface area contributed by atoms with Crippen LogP contribution in [0.5, 0.6) is 0 Å². The quantitative estimate of drug-likeness (QED) is 0.373. The van der Waals surface area contributed by atoms with Crippen molar-refractivity contribution in [3.8, 4) is 0 Å². The smallest absolute Gasteiger partial charge is 0.272 e. The summed E-state index contributed by atoms with van der Waals surface area (Å²) in [7, 11) is -5.20. The first-order valence-electron chi connectivity index (χ1n) is 6.61. The second-order valence-electron chi connectivity index (χ2n) is 5.15. The molecule has 0 bridgehead atoms. The average Bonchev–Trinajstić information content (AvgIpc) is 2.54. The molecule has 27 heavy (non-hydrogen) atoms.